The molecule has 1 aliphatic heterocycles. The van der Waals surface area contributed by atoms with Crippen LogP contribution in [0.4, 0.5) is 0 Å². The van der Waals surface area contributed by atoms with Crippen LogP contribution >= 0.6 is 0 Å². The van der Waals surface area contributed by atoms with Gasteiger partial charge in [-0.15, -0.1) is 0 Å². The second-order valence-corrected chi connectivity index (χ2v) is 5.89. The predicted molar refractivity (Wildman–Crippen MR) is 88.9 cm³/mol. The van der Waals surface area contributed by atoms with Crippen molar-refractivity contribution >= 4 is 21.9 Å². The topological polar surface area (TPSA) is 41.0 Å². The lowest BCUT2D eigenvalue weighted by atomic mass is 10.0. The van der Waals surface area contributed by atoms with Crippen molar-refractivity contribution in [1.29, 1.82) is 0 Å². The molecule has 3 heteroatoms. The van der Waals surface area contributed by atoms with Gasteiger partial charge in [-0.2, -0.15) is 0 Å². The molecule has 0 spiro atoms. The Morgan fingerprint density at radius 3 is 2.91 bits per heavy atom. The highest BCUT2D eigenvalue weighted by molar-refractivity contribution is 5.94. The van der Waals surface area contributed by atoms with Crippen LogP contribution in [0.3, 0.4) is 0 Å². The molecule has 108 valence electrons. The maximum atomic E-state index is 6.08. The smallest absolute Gasteiger partial charge is 0.151 e. The van der Waals surface area contributed by atoms with E-state index < -0.39 is 0 Å². The average Bonchev–Trinajstić information content (AvgIpc) is 3.05. The molecule has 0 fully saturated rings. The van der Waals surface area contributed by atoms with E-state index in [9.17, 15) is 0 Å². The Morgan fingerprint density at radius 2 is 1.95 bits per heavy atom. The van der Waals surface area contributed by atoms with Crippen molar-refractivity contribution in [2.45, 2.75) is 13.0 Å². The summed E-state index contributed by atoms with van der Waals surface area (Å²) < 4.78 is 6.08. The Balaban J connectivity index is 1.81. The second-order valence-electron chi connectivity index (χ2n) is 5.89. The van der Waals surface area contributed by atoms with Crippen molar-refractivity contribution in [3.8, 4) is 11.5 Å². The molecular weight excluding hydrogens is 272 g/mol. The summed E-state index contributed by atoms with van der Waals surface area (Å²) in [5.74, 6) is 0.931. The number of rotatable bonds is 1. The lowest BCUT2D eigenvalue weighted by Crippen LogP contribution is -2.14. The maximum Gasteiger partial charge on any atom is 0.151 e. The maximum absolute atomic E-state index is 6.08. The van der Waals surface area contributed by atoms with E-state index in [0.29, 0.717) is 0 Å². The first-order valence-corrected chi connectivity index (χ1v) is 7.72. The van der Waals surface area contributed by atoms with E-state index in [1.54, 1.807) is 0 Å². The van der Waals surface area contributed by atoms with E-state index >= 15 is 0 Å². The second kappa shape index (κ2) is 4.49. The van der Waals surface area contributed by atoms with E-state index in [-0.39, 0.29) is 0 Å². The van der Waals surface area contributed by atoms with Gasteiger partial charge in [0.15, 0.2) is 5.76 Å². The first kappa shape index (κ1) is 12.1. The largest absolute Gasteiger partial charge is 0.455 e. The van der Waals surface area contributed by atoms with Crippen LogP contribution in [0.1, 0.15) is 11.1 Å². The number of aromatic nitrogens is 1. The third-order valence-electron chi connectivity index (χ3n) is 4.55. The Kier molecular flexibility index (Phi) is 2.46. The highest BCUT2D eigenvalue weighted by Crippen LogP contribution is 2.36. The van der Waals surface area contributed by atoms with E-state index in [1.165, 1.54) is 22.0 Å². The number of para-hydroxylation sites is 1. The first-order valence-electron chi connectivity index (χ1n) is 7.72. The van der Waals surface area contributed by atoms with Gasteiger partial charge in [0.1, 0.15) is 5.58 Å². The molecule has 3 heterocycles. The summed E-state index contributed by atoms with van der Waals surface area (Å²) in [5, 5.41) is 6.01. The highest BCUT2D eigenvalue weighted by atomic mass is 16.3. The van der Waals surface area contributed by atoms with Crippen LogP contribution in [-0.2, 0) is 13.0 Å². The van der Waals surface area contributed by atoms with Gasteiger partial charge in [0.05, 0.1) is 5.69 Å². The molecule has 2 aromatic heterocycles. The molecule has 22 heavy (non-hydrogen) atoms. The molecule has 1 aliphatic rings. The Labute approximate surface area is 127 Å². The van der Waals surface area contributed by atoms with Gasteiger partial charge < -0.3 is 14.7 Å². The lowest BCUT2D eigenvalue weighted by molar-refractivity contribution is 0.627. The molecule has 2 N–H and O–H groups in total. The minimum atomic E-state index is 0.931. The number of H-pyrrole nitrogens is 1. The van der Waals surface area contributed by atoms with Gasteiger partial charge >= 0.3 is 0 Å². The van der Waals surface area contributed by atoms with Crippen molar-refractivity contribution in [3.05, 3.63) is 59.7 Å². The van der Waals surface area contributed by atoms with E-state index in [0.717, 1.165) is 41.9 Å². The number of furan rings is 1. The summed E-state index contributed by atoms with van der Waals surface area (Å²) in [7, 11) is 0. The summed E-state index contributed by atoms with van der Waals surface area (Å²) >= 11 is 0. The molecule has 0 saturated heterocycles. The third-order valence-corrected chi connectivity index (χ3v) is 4.55. The van der Waals surface area contributed by atoms with E-state index in [4.69, 9.17) is 4.42 Å². The van der Waals surface area contributed by atoms with Gasteiger partial charge in [0.25, 0.3) is 0 Å². The van der Waals surface area contributed by atoms with Gasteiger partial charge in [-0.1, -0.05) is 30.3 Å². The number of aromatic amines is 1. The fourth-order valence-electron chi connectivity index (χ4n) is 3.54. The number of hydrogen-bond donors (Lipinski definition) is 2. The number of fused-ring (bicyclic) bond motifs is 1. The first-order chi connectivity index (χ1) is 10.9. The average molecular weight is 288 g/mol. The Bertz CT molecular complexity index is 960. The predicted octanol–water partition coefficient (Wildman–Crippen LogP) is 4.23. The monoisotopic (exact) mass is 288 g/mol. The molecule has 0 bridgehead atoms. The minimum absolute atomic E-state index is 0.931. The van der Waals surface area contributed by atoms with E-state index in [2.05, 4.69) is 40.6 Å². The molecular formula is C19H16N2O. The molecule has 3 nitrogen and oxygen atoms in total. The number of benzene rings is 2. The molecule has 0 unspecified atom stereocenters. The van der Waals surface area contributed by atoms with Gasteiger partial charge in [0, 0.05) is 22.8 Å². The molecule has 0 saturated carbocycles. The van der Waals surface area contributed by atoms with Crippen molar-refractivity contribution in [1.82, 2.24) is 10.3 Å². The van der Waals surface area contributed by atoms with Crippen LogP contribution in [0.15, 0.2) is 52.9 Å². The zero-order chi connectivity index (χ0) is 14.5. The van der Waals surface area contributed by atoms with Gasteiger partial charge in [0.2, 0.25) is 0 Å². The Morgan fingerprint density at radius 1 is 1.00 bits per heavy atom. The van der Waals surface area contributed by atoms with Crippen LogP contribution in [-0.4, -0.2) is 11.5 Å². The summed E-state index contributed by atoms with van der Waals surface area (Å²) in [4.78, 5) is 3.58. The van der Waals surface area contributed by atoms with Crippen LogP contribution in [0.2, 0.25) is 0 Å². The number of nitrogens with one attached hydrogen (secondary N) is 2. The molecule has 0 aliphatic carbocycles. The van der Waals surface area contributed by atoms with Crippen LogP contribution in [0.25, 0.3) is 33.3 Å². The molecule has 0 radical (unpaired) electrons. The zero-order valence-corrected chi connectivity index (χ0v) is 12.1. The normalized spacial score (nSPS) is 14.5. The summed E-state index contributed by atoms with van der Waals surface area (Å²) in [5.41, 5.74) is 6.00. The fraction of sp³-hybridized carbons (Fsp3) is 0.158. The van der Waals surface area contributed by atoms with Gasteiger partial charge in [-0.05, 0) is 42.3 Å². The van der Waals surface area contributed by atoms with Crippen molar-refractivity contribution in [3.63, 3.8) is 0 Å². The Hall–Kier alpha value is -2.52. The summed E-state index contributed by atoms with van der Waals surface area (Å²) in [6.07, 6.45) is 1.02. The number of hydrogen-bond acceptors (Lipinski definition) is 2. The summed E-state index contributed by atoms with van der Waals surface area (Å²) in [6, 6.07) is 16.8. The van der Waals surface area contributed by atoms with Crippen molar-refractivity contribution in [2.24, 2.45) is 0 Å². The zero-order valence-electron chi connectivity index (χ0n) is 12.1. The molecule has 2 aromatic carbocycles. The lowest BCUT2D eigenvalue weighted by Gasteiger charge is -2.00. The van der Waals surface area contributed by atoms with Crippen LogP contribution < -0.4 is 5.32 Å². The van der Waals surface area contributed by atoms with Gasteiger partial charge in [-0.25, -0.2) is 0 Å². The highest BCUT2D eigenvalue weighted by Gasteiger charge is 2.20. The molecule has 0 atom stereocenters. The van der Waals surface area contributed by atoms with Crippen LogP contribution in [0.5, 0.6) is 0 Å². The quantitative estimate of drug-likeness (QED) is 0.550. The minimum Gasteiger partial charge on any atom is -0.455 e. The fourth-order valence-corrected chi connectivity index (χ4v) is 3.54. The molecule has 0 amide bonds. The van der Waals surface area contributed by atoms with E-state index in [1.807, 2.05) is 18.2 Å². The standard InChI is InChI=1S/C19H16N2O/c1-2-7-16-12(4-1)10-17(22-16)19-14-8-9-20-11-13-5-3-6-15(21-19)18(13)14/h1-7,10,20-21H,8-9,11H2. The van der Waals surface area contributed by atoms with Crippen molar-refractivity contribution in [2.75, 3.05) is 6.54 Å². The summed E-state index contributed by atoms with van der Waals surface area (Å²) in [6.45, 7) is 1.93. The third kappa shape index (κ3) is 1.66. The van der Waals surface area contributed by atoms with Crippen molar-refractivity contribution < 1.29 is 4.42 Å². The SMILES string of the molecule is c1ccc2oc(-c3[nH]c4cccc5c4c3CCNC5)cc2c1. The van der Waals surface area contributed by atoms with Gasteiger partial charge in [-0.3, -0.25) is 0 Å². The molecule has 5 rings (SSSR count). The molecule has 4 aromatic rings. The van der Waals surface area contributed by atoms with Crippen LogP contribution in [0, 0.1) is 0 Å².